The summed E-state index contributed by atoms with van der Waals surface area (Å²) in [6.07, 6.45) is 3.50. The zero-order valence-corrected chi connectivity index (χ0v) is 5.73. The molecule has 0 radical (unpaired) electrons. The predicted molar refractivity (Wildman–Crippen MR) is 33.4 cm³/mol. The van der Waals surface area contributed by atoms with Gasteiger partial charge in [0.05, 0.1) is 4.48 Å². The summed E-state index contributed by atoms with van der Waals surface area (Å²) in [6.45, 7) is 1.98. The molecule has 0 aromatic carbocycles. The molecule has 40 valence electrons. The van der Waals surface area contributed by atoms with Gasteiger partial charge in [-0.25, -0.2) is 0 Å². The van der Waals surface area contributed by atoms with Crippen LogP contribution < -0.4 is 0 Å². The first-order valence-electron chi connectivity index (χ1n) is 2.12. The molecule has 1 nitrogen and oxygen atoms in total. The Hall–Kier alpha value is -0.110. The van der Waals surface area contributed by atoms with Crippen LogP contribution in [0.15, 0.2) is 10.6 Å². The van der Waals surface area contributed by atoms with Crippen molar-refractivity contribution in [3.63, 3.8) is 0 Å². The van der Waals surface area contributed by atoms with Gasteiger partial charge < -0.3 is 0 Å². The van der Waals surface area contributed by atoms with Gasteiger partial charge in [-0.15, -0.1) is 0 Å². The maximum atomic E-state index is 9.78. The second-order valence-electron chi connectivity index (χ2n) is 1.12. The Morgan fingerprint density at radius 2 is 2.43 bits per heavy atom. The smallest absolute Gasteiger partial charge is 0.156 e. The van der Waals surface area contributed by atoms with Crippen LogP contribution in [-0.4, -0.2) is 6.29 Å². The van der Waals surface area contributed by atoms with E-state index in [1.54, 1.807) is 0 Å². The van der Waals surface area contributed by atoms with E-state index >= 15 is 0 Å². The molecule has 0 unspecified atom stereocenters. The Balaban J connectivity index is 3.49. The van der Waals surface area contributed by atoms with Gasteiger partial charge in [-0.1, -0.05) is 13.0 Å². The number of carbonyl (C=O) groups excluding carboxylic acids is 1. The molecule has 0 aliphatic carbocycles. The fourth-order valence-corrected chi connectivity index (χ4v) is 0.567. The van der Waals surface area contributed by atoms with Crippen molar-refractivity contribution in [1.29, 1.82) is 0 Å². The van der Waals surface area contributed by atoms with E-state index in [-0.39, 0.29) is 0 Å². The number of rotatable bonds is 2. The molecule has 0 aliphatic rings. The quantitative estimate of drug-likeness (QED) is 0.448. The van der Waals surface area contributed by atoms with Crippen molar-refractivity contribution in [2.45, 2.75) is 13.3 Å². The summed E-state index contributed by atoms with van der Waals surface area (Å²) in [6, 6.07) is 0. The Bertz CT molecular complexity index is 86.1. The second-order valence-corrected chi connectivity index (χ2v) is 2.03. The summed E-state index contributed by atoms with van der Waals surface area (Å²) in [5, 5.41) is 0. The van der Waals surface area contributed by atoms with E-state index in [9.17, 15) is 4.79 Å². The zero-order valence-electron chi connectivity index (χ0n) is 4.15. The van der Waals surface area contributed by atoms with Crippen LogP contribution in [-0.2, 0) is 4.79 Å². The lowest BCUT2D eigenvalue weighted by molar-refractivity contribution is -0.104. The van der Waals surface area contributed by atoms with Crippen LogP contribution in [0.5, 0.6) is 0 Å². The summed E-state index contributed by atoms with van der Waals surface area (Å²) in [5.74, 6) is 0. The largest absolute Gasteiger partial charge is 0.297 e. The first-order valence-corrected chi connectivity index (χ1v) is 2.91. The Morgan fingerprint density at radius 3 is 2.57 bits per heavy atom. The average molecular weight is 163 g/mol. The third-order valence-electron chi connectivity index (χ3n) is 0.512. The highest BCUT2D eigenvalue weighted by molar-refractivity contribution is 9.12. The van der Waals surface area contributed by atoms with E-state index in [1.165, 1.54) is 0 Å². The minimum absolute atomic E-state index is 0.634. The lowest BCUT2D eigenvalue weighted by Crippen LogP contribution is -1.67. The van der Waals surface area contributed by atoms with Crippen molar-refractivity contribution in [1.82, 2.24) is 0 Å². The fourth-order valence-electron chi connectivity index (χ4n) is 0.243. The SMILES string of the molecule is CC/C=C(\Br)C=O. The topological polar surface area (TPSA) is 17.1 Å². The monoisotopic (exact) mass is 162 g/mol. The molecule has 0 aromatic rings. The van der Waals surface area contributed by atoms with Crippen molar-refractivity contribution in [2.75, 3.05) is 0 Å². The molecule has 0 atom stereocenters. The van der Waals surface area contributed by atoms with Crippen molar-refractivity contribution in [3.8, 4) is 0 Å². The number of carbonyl (C=O) groups is 1. The first-order chi connectivity index (χ1) is 3.31. The zero-order chi connectivity index (χ0) is 5.70. The van der Waals surface area contributed by atoms with Gasteiger partial charge in [-0.3, -0.25) is 4.79 Å². The van der Waals surface area contributed by atoms with Crippen molar-refractivity contribution < 1.29 is 4.79 Å². The average Bonchev–Trinajstić information content (AvgIpc) is 1.68. The fraction of sp³-hybridized carbons (Fsp3) is 0.400. The highest BCUT2D eigenvalue weighted by atomic mass is 79.9. The maximum Gasteiger partial charge on any atom is 0.156 e. The molecule has 0 bridgehead atoms. The number of hydrogen-bond acceptors (Lipinski definition) is 1. The van der Waals surface area contributed by atoms with Gasteiger partial charge in [-0.2, -0.15) is 0 Å². The molecule has 0 aromatic heterocycles. The lowest BCUT2D eigenvalue weighted by atomic mass is 10.4. The van der Waals surface area contributed by atoms with Crippen LogP contribution in [0.3, 0.4) is 0 Å². The molecule has 2 heteroatoms. The Labute approximate surface area is 51.5 Å². The van der Waals surface area contributed by atoms with E-state index in [4.69, 9.17) is 0 Å². The van der Waals surface area contributed by atoms with E-state index in [1.807, 2.05) is 13.0 Å². The van der Waals surface area contributed by atoms with Crippen LogP contribution in [0, 0.1) is 0 Å². The summed E-state index contributed by atoms with van der Waals surface area (Å²) >= 11 is 3.03. The van der Waals surface area contributed by atoms with Crippen LogP contribution in [0.4, 0.5) is 0 Å². The molecule has 0 amide bonds. The molecule has 0 heterocycles. The van der Waals surface area contributed by atoms with Gasteiger partial charge in [0.1, 0.15) is 0 Å². The Morgan fingerprint density at radius 1 is 1.86 bits per heavy atom. The van der Waals surface area contributed by atoms with E-state index < -0.39 is 0 Å². The van der Waals surface area contributed by atoms with Gasteiger partial charge >= 0.3 is 0 Å². The molecule has 0 N–H and O–H groups in total. The molecule has 0 fully saturated rings. The molecule has 0 spiro atoms. The molecular formula is C5H7BrO. The van der Waals surface area contributed by atoms with Gasteiger partial charge in [0, 0.05) is 0 Å². The third kappa shape index (κ3) is 3.73. The van der Waals surface area contributed by atoms with E-state index in [0.717, 1.165) is 12.7 Å². The minimum Gasteiger partial charge on any atom is -0.297 e. The summed E-state index contributed by atoms with van der Waals surface area (Å²) in [5.41, 5.74) is 0. The van der Waals surface area contributed by atoms with Crippen LogP contribution in [0.1, 0.15) is 13.3 Å². The molecule has 0 rings (SSSR count). The van der Waals surface area contributed by atoms with Crippen molar-refractivity contribution in [2.24, 2.45) is 0 Å². The summed E-state index contributed by atoms with van der Waals surface area (Å²) < 4.78 is 0.634. The number of hydrogen-bond donors (Lipinski definition) is 0. The number of halogens is 1. The Kier molecular flexibility index (Phi) is 4.00. The van der Waals surface area contributed by atoms with Gasteiger partial charge in [0.25, 0.3) is 0 Å². The third-order valence-corrected chi connectivity index (χ3v) is 1.02. The van der Waals surface area contributed by atoms with Crippen LogP contribution in [0.2, 0.25) is 0 Å². The summed E-state index contributed by atoms with van der Waals surface area (Å²) in [4.78, 5) is 9.78. The van der Waals surface area contributed by atoms with Crippen molar-refractivity contribution >= 4 is 22.2 Å². The first kappa shape index (κ1) is 6.89. The van der Waals surface area contributed by atoms with Gasteiger partial charge in [0.15, 0.2) is 6.29 Å². The van der Waals surface area contributed by atoms with Crippen molar-refractivity contribution in [3.05, 3.63) is 10.6 Å². The second kappa shape index (κ2) is 4.06. The molecule has 0 saturated heterocycles. The predicted octanol–water partition coefficient (Wildman–Crippen LogP) is 1.87. The number of allylic oxidation sites excluding steroid dienone is 2. The van der Waals surface area contributed by atoms with Gasteiger partial charge in [0.2, 0.25) is 0 Å². The van der Waals surface area contributed by atoms with Crippen LogP contribution in [0.25, 0.3) is 0 Å². The highest BCUT2D eigenvalue weighted by Crippen LogP contribution is 1.99. The standard InChI is InChI=1S/C5H7BrO/c1-2-3-5(6)4-7/h3-4H,2H2,1H3/b5-3-. The molecule has 0 saturated carbocycles. The van der Waals surface area contributed by atoms with E-state index in [2.05, 4.69) is 15.9 Å². The van der Waals surface area contributed by atoms with E-state index in [0.29, 0.717) is 4.48 Å². The normalized spacial score (nSPS) is 11.4. The molecular weight excluding hydrogens is 156 g/mol. The molecule has 0 aliphatic heterocycles. The summed E-state index contributed by atoms with van der Waals surface area (Å²) in [7, 11) is 0. The minimum atomic E-state index is 0.634. The van der Waals surface area contributed by atoms with Crippen LogP contribution >= 0.6 is 15.9 Å². The highest BCUT2D eigenvalue weighted by Gasteiger charge is 1.79. The maximum absolute atomic E-state index is 9.78. The van der Waals surface area contributed by atoms with Gasteiger partial charge in [-0.05, 0) is 22.4 Å². The number of aldehydes is 1. The lowest BCUT2D eigenvalue weighted by Gasteiger charge is -1.77. The molecule has 7 heavy (non-hydrogen) atoms.